The summed E-state index contributed by atoms with van der Waals surface area (Å²) >= 11 is 0. The van der Waals surface area contributed by atoms with E-state index in [-0.39, 0.29) is 31.1 Å². The van der Waals surface area contributed by atoms with Crippen LogP contribution in [0.4, 0.5) is 0 Å². The largest absolute Gasteiger partial charge is 0.462 e. The maximum atomic E-state index is 12.8. The van der Waals surface area contributed by atoms with Crippen LogP contribution in [0, 0.1) is 0 Å². The first-order chi connectivity index (χ1) is 29.0. The van der Waals surface area contributed by atoms with E-state index >= 15 is 0 Å². The van der Waals surface area contributed by atoms with Crippen LogP contribution < -0.4 is 0 Å². The average Bonchev–Trinajstić information content (AvgIpc) is 3.23. The molecule has 0 radical (unpaired) electrons. The van der Waals surface area contributed by atoms with Crippen LogP contribution in [0.3, 0.4) is 0 Å². The molecule has 6 heteroatoms. The van der Waals surface area contributed by atoms with Crippen molar-refractivity contribution in [2.24, 2.45) is 0 Å². The van der Waals surface area contributed by atoms with Gasteiger partial charge in [-0.2, -0.15) is 0 Å². The highest BCUT2D eigenvalue weighted by Gasteiger charge is 2.19. The number of hydrogen-bond donors (Lipinski definition) is 0. The van der Waals surface area contributed by atoms with Gasteiger partial charge in [-0.05, 0) is 96.3 Å². The molecule has 0 heterocycles. The lowest BCUT2D eigenvalue weighted by Gasteiger charge is -2.18. The zero-order valence-electron chi connectivity index (χ0n) is 38.0. The molecule has 0 N–H and O–H groups in total. The number of hydrogen-bond acceptors (Lipinski definition) is 6. The van der Waals surface area contributed by atoms with E-state index in [0.29, 0.717) is 19.3 Å². The standard InChI is InChI=1S/C53H86O6/c1-4-7-10-13-16-19-22-25-28-31-34-37-40-43-46-52(55)58-49-50(48-57-51(54)45-42-39-36-33-30-27-24-21-18-15-12-9-6-3)59-53(56)47-44-41-38-35-32-29-26-23-20-17-14-11-8-5-2/h7-12,15-21,24-25,28,50H,4-6,13-14,22-23,26-27,29-49H2,1-3H3/b10-7+,11-8+,12-9+,18-15+,19-16+,20-17+,24-21+,28-25+. The van der Waals surface area contributed by atoms with Crippen LogP contribution >= 0.6 is 0 Å². The number of allylic oxidation sites excluding steroid dienone is 16. The first-order valence-electron chi connectivity index (χ1n) is 23.8. The molecule has 59 heavy (non-hydrogen) atoms. The van der Waals surface area contributed by atoms with Gasteiger partial charge in [-0.15, -0.1) is 0 Å². The summed E-state index contributed by atoms with van der Waals surface area (Å²) in [6, 6.07) is 0. The fourth-order valence-corrected chi connectivity index (χ4v) is 6.14. The third kappa shape index (κ3) is 45.3. The second-order valence-electron chi connectivity index (χ2n) is 15.3. The molecule has 1 atom stereocenters. The molecule has 0 bridgehead atoms. The molecule has 0 aromatic heterocycles. The highest BCUT2D eigenvalue weighted by Crippen LogP contribution is 2.13. The fraction of sp³-hybridized carbons (Fsp3) is 0.642. The molecule has 0 saturated carbocycles. The van der Waals surface area contributed by atoms with Crippen molar-refractivity contribution in [1.82, 2.24) is 0 Å². The number of ether oxygens (including phenoxy) is 3. The number of unbranched alkanes of at least 4 members (excludes halogenated alkanes) is 16. The molecular weight excluding hydrogens is 733 g/mol. The fourth-order valence-electron chi connectivity index (χ4n) is 6.14. The van der Waals surface area contributed by atoms with Crippen molar-refractivity contribution >= 4 is 17.9 Å². The minimum absolute atomic E-state index is 0.100. The zero-order chi connectivity index (χ0) is 43.0. The van der Waals surface area contributed by atoms with Gasteiger partial charge in [-0.3, -0.25) is 14.4 Å². The van der Waals surface area contributed by atoms with Gasteiger partial charge in [-0.25, -0.2) is 0 Å². The molecule has 0 spiro atoms. The van der Waals surface area contributed by atoms with Gasteiger partial charge in [0.15, 0.2) is 6.10 Å². The maximum absolute atomic E-state index is 12.8. The Morgan fingerprint density at radius 3 is 1.14 bits per heavy atom. The zero-order valence-corrected chi connectivity index (χ0v) is 38.0. The summed E-state index contributed by atoms with van der Waals surface area (Å²) in [5, 5.41) is 0. The molecule has 334 valence electrons. The molecule has 0 aliphatic heterocycles. The van der Waals surface area contributed by atoms with Crippen LogP contribution in [0.5, 0.6) is 0 Å². The van der Waals surface area contributed by atoms with Crippen LogP contribution in [0.25, 0.3) is 0 Å². The molecule has 1 unspecified atom stereocenters. The van der Waals surface area contributed by atoms with Crippen LogP contribution in [0.1, 0.15) is 201 Å². The van der Waals surface area contributed by atoms with Crippen LogP contribution in [-0.4, -0.2) is 37.2 Å². The lowest BCUT2D eigenvalue weighted by Crippen LogP contribution is -2.30. The quantitative estimate of drug-likeness (QED) is 0.0201. The van der Waals surface area contributed by atoms with Gasteiger partial charge in [0.1, 0.15) is 13.2 Å². The summed E-state index contributed by atoms with van der Waals surface area (Å²) in [5.74, 6) is -0.958. The van der Waals surface area contributed by atoms with Crippen LogP contribution in [0.2, 0.25) is 0 Å². The number of esters is 3. The van der Waals surface area contributed by atoms with Crippen molar-refractivity contribution in [2.75, 3.05) is 13.2 Å². The number of carbonyl (C=O) groups is 3. The molecule has 0 fully saturated rings. The van der Waals surface area contributed by atoms with Gasteiger partial charge in [0.05, 0.1) is 0 Å². The Labute approximate surface area is 362 Å². The van der Waals surface area contributed by atoms with Gasteiger partial charge in [0.25, 0.3) is 0 Å². The van der Waals surface area contributed by atoms with E-state index in [2.05, 4.69) is 118 Å². The van der Waals surface area contributed by atoms with Gasteiger partial charge < -0.3 is 14.2 Å². The molecule has 0 aromatic carbocycles. The van der Waals surface area contributed by atoms with E-state index in [9.17, 15) is 14.4 Å². The summed E-state index contributed by atoms with van der Waals surface area (Å²) in [4.78, 5) is 37.9. The Balaban J connectivity index is 4.48. The van der Waals surface area contributed by atoms with Gasteiger partial charge in [0, 0.05) is 19.3 Å². The predicted octanol–water partition coefficient (Wildman–Crippen LogP) is 15.4. The summed E-state index contributed by atoms with van der Waals surface area (Å²) < 4.78 is 16.7. The van der Waals surface area contributed by atoms with Crippen molar-refractivity contribution in [3.05, 3.63) is 97.2 Å². The van der Waals surface area contributed by atoms with Crippen molar-refractivity contribution < 1.29 is 28.6 Å². The molecule has 0 aromatic rings. The third-order valence-electron chi connectivity index (χ3n) is 9.63. The lowest BCUT2D eigenvalue weighted by molar-refractivity contribution is -0.167. The highest BCUT2D eigenvalue weighted by atomic mass is 16.6. The molecule has 0 amide bonds. The summed E-state index contributed by atoms with van der Waals surface area (Å²) in [6.07, 6.45) is 61.0. The second kappa shape index (κ2) is 47.0. The molecule has 0 aliphatic rings. The van der Waals surface area contributed by atoms with E-state index in [1.54, 1.807) is 0 Å². The highest BCUT2D eigenvalue weighted by molar-refractivity contribution is 5.71. The van der Waals surface area contributed by atoms with Crippen molar-refractivity contribution in [2.45, 2.75) is 207 Å². The first-order valence-corrected chi connectivity index (χ1v) is 23.8. The van der Waals surface area contributed by atoms with Gasteiger partial charge in [-0.1, -0.05) is 182 Å². The number of carbonyl (C=O) groups excluding carboxylic acids is 3. The average molecular weight is 819 g/mol. The van der Waals surface area contributed by atoms with Gasteiger partial charge in [0.2, 0.25) is 0 Å². The van der Waals surface area contributed by atoms with Crippen LogP contribution in [0.15, 0.2) is 97.2 Å². The van der Waals surface area contributed by atoms with E-state index in [1.165, 1.54) is 25.7 Å². The molecule has 0 saturated heterocycles. The molecule has 0 aliphatic carbocycles. The summed E-state index contributed by atoms with van der Waals surface area (Å²) in [5.41, 5.74) is 0. The van der Waals surface area contributed by atoms with Gasteiger partial charge >= 0.3 is 17.9 Å². The van der Waals surface area contributed by atoms with Crippen molar-refractivity contribution in [3.8, 4) is 0 Å². The molecule has 0 rings (SSSR count). The Morgan fingerprint density at radius 1 is 0.356 bits per heavy atom. The lowest BCUT2D eigenvalue weighted by atomic mass is 10.1. The molecule has 6 nitrogen and oxygen atoms in total. The minimum atomic E-state index is -0.799. The third-order valence-corrected chi connectivity index (χ3v) is 9.63. The van der Waals surface area contributed by atoms with E-state index in [0.717, 1.165) is 135 Å². The number of rotatable bonds is 41. The predicted molar refractivity (Wildman–Crippen MR) is 251 cm³/mol. The minimum Gasteiger partial charge on any atom is -0.462 e. The van der Waals surface area contributed by atoms with E-state index in [4.69, 9.17) is 14.2 Å². The summed E-state index contributed by atoms with van der Waals surface area (Å²) in [7, 11) is 0. The van der Waals surface area contributed by atoms with E-state index in [1.807, 2.05) is 0 Å². The Bertz CT molecular complexity index is 1220. The normalized spacial score (nSPS) is 12.9. The molecular formula is C53H86O6. The SMILES string of the molecule is CC/C=C/C=C/C=C/CCCCCCCC(=O)OCC(COC(=O)CCCCCC/C=C/C/C=C/C/C=C/CC)OC(=O)CCCCCCCCC/C=C/C/C=C/CC. The Morgan fingerprint density at radius 2 is 0.695 bits per heavy atom. The smallest absolute Gasteiger partial charge is 0.306 e. The monoisotopic (exact) mass is 819 g/mol. The Kier molecular flexibility index (Phi) is 44.1. The summed E-state index contributed by atoms with van der Waals surface area (Å²) in [6.45, 7) is 6.22. The maximum Gasteiger partial charge on any atom is 0.306 e. The van der Waals surface area contributed by atoms with E-state index < -0.39 is 6.10 Å². The van der Waals surface area contributed by atoms with Crippen molar-refractivity contribution in [3.63, 3.8) is 0 Å². The van der Waals surface area contributed by atoms with Crippen molar-refractivity contribution in [1.29, 1.82) is 0 Å². The van der Waals surface area contributed by atoms with Crippen LogP contribution in [-0.2, 0) is 28.6 Å². The topological polar surface area (TPSA) is 78.9 Å². The second-order valence-corrected chi connectivity index (χ2v) is 15.3. The first kappa shape index (κ1) is 55.3. The Hall–Kier alpha value is -3.67.